The first-order valence-electron chi connectivity index (χ1n) is 16.5. The number of fused-ring (bicyclic) bond motifs is 10. The fourth-order valence-electron chi connectivity index (χ4n) is 8.62. The zero-order valence-corrected chi connectivity index (χ0v) is 25.9. The number of hydrogen-bond acceptors (Lipinski definition) is 2. The number of benzene rings is 7. The molecular weight excluding hydrogens is 583 g/mol. The number of hydrogen-bond donors (Lipinski definition) is 0. The average Bonchev–Trinajstić information content (AvgIpc) is 3.77. The molecule has 3 heteroatoms. The van der Waals surface area contributed by atoms with Gasteiger partial charge in [-0.25, -0.2) is 9.97 Å². The van der Waals surface area contributed by atoms with E-state index in [-0.39, 0.29) is 0 Å². The second kappa shape index (κ2) is 9.37. The minimum atomic E-state index is -0.393. The molecule has 1 aliphatic rings. The predicted molar refractivity (Wildman–Crippen MR) is 197 cm³/mol. The quantitative estimate of drug-likeness (QED) is 0.199. The molecule has 0 unspecified atom stereocenters. The first-order valence-corrected chi connectivity index (χ1v) is 16.5. The van der Waals surface area contributed by atoms with Gasteiger partial charge in [-0.3, -0.25) is 4.40 Å². The average molecular weight is 610 g/mol. The summed E-state index contributed by atoms with van der Waals surface area (Å²) in [6, 6.07) is 59.6. The van der Waals surface area contributed by atoms with Crippen molar-refractivity contribution in [2.45, 2.75) is 5.41 Å². The van der Waals surface area contributed by atoms with Crippen LogP contribution in [0.3, 0.4) is 0 Å². The molecule has 0 amide bonds. The smallest absolute Gasteiger partial charge is 0.165 e. The van der Waals surface area contributed by atoms with Crippen molar-refractivity contribution in [1.29, 1.82) is 0 Å². The molecule has 10 aromatic rings. The van der Waals surface area contributed by atoms with Crippen molar-refractivity contribution in [3.05, 3.63) is 186 Å². The minimum absolute atomic E-state index is 0.393. The number of rotatable bonds is 3. The molecule has 48 heavy (non-hydrogen) atoms. The van der Waals surface area contributed by atoms with Crippen molar-refractivity contribution in [2.24, 2.45) is 0 Å². The maximum absolute atomic E-state index is 5.12. The van der Waals surface area contributed by atoms with Crippen LogP contribution < -0.4 is 0 Å². The summed E-state index contributed by atoms with van der Waals surface area (Å²) in [5, 5.41) is 3.60. The first-order chi connectivity index (χ1) is 23.8. The molecule has 0 bridgehead atoms. The zero-order valence-electron chi connectivity index (χ0n) is 25.9. The topological polar surface area (TPSA) is 30.2 Å². The lowest BCUT2D eigenvalue weighted by molar-refractivity contribution is 0.768. The highest BCUT2D eigenvalue weighted by Crippen LogP contribution is 2.56. The van der Waals surface area contributed by atoms with Gasteiger partial charge in [-0.1, -0.05) is 133 Å². The third-order valence-electron chi connectivity index (χ3n) is 10.6. The lowest BCUT2D eigenvalue weighted by Crippen LogP contribution is -2.28. The Balaban J connectivity index is 1.15. The van der Waals surface area contributed by atoms with Gasteiger partial charge in [-0.15, -0.1) is 0 Å². The number of para-hydroxylation sites is 3. The standard InChI is InChI=1S/C45H27N3/c1-3-12-30(13-4-1)45(31-14-5-2-6-15-31)37-19-8-7-16-32(37)35-26-28(22-24-38(35)45)29-23-25-41-36(27-29)33-17-11-18-34-42-44(48(41)43(33)34)47-40-21-10-9-20-39(40)46-42/h1-27H. The van der Waals surface area contributed by atoms with Gasteiger partial charge in [0.05, 0.1) is 27.5 Å². The van der Waals surface area contributed by atoms with Crippen LogP contribution >= 0.6 is 0 Å². The molecule has 3 nitrogen and oxygen atoms in total. The summed E-state index contributed by atoms with van der Waals surface area (Å²) in [7, 11) is 0. The second-order valence-electron chi connectivity index (χ2n) is 12.9. The van der Waals surface area contributed by atoms with Crippen molar-refractivity contribution in [3.63, 3.8) is 0 Å². The summed E-state index contributed by atoms with van der Waals surface area (Å²) in [5.74, 6) is 0. The van der Waals surface area contributed by atoms with Gasteiger partial charge in [0.25, 0.3) is 0 Å². The summed E-state index contributed by atoms with van der Waals surface area (Å²) in [4.78, 5) is 10.2. The summed E-state index contributed by atoms with van der Waals surface area (Å²) in [6.45, 7) is 0. The fraction of sp³-hybridized carbons (Fsp3) is 0.0222. The SMILES string of the molecule is c1ccc(C2(c3ccccc3)c3ccccc3-c3cc(-c4ccc5c(c4)c4cccc6c7nc8ccccc8nc7n5c46)ccc32)cc1. The maximum Gasteiger partial charge on any atom is 0.165 e. The summed E-state index contributed by atoms with van der Waals surface area (Å²) in [6.07, 6.45) is 0. The molecule has 0 saturated heterocycles. The molecule has 0 radical (unpaired) electrons. The van der Waals surface area contributed by atoms with E-state index in [2.05, 4.69) is 144 Å². The second-order valence-corrected chi connectivity index (χ2v) is 12.9. The summed E-state index contributed by atoms with van der Waals surface area (Å²) < 4.78 is 2.31. The van der Waals surface area contributed by atoms with E-state index in [9.17, 15) is 0 Å². The van der Waals surface area contributed by atoms with Crippen LogP contribution in [-0.4, -0.2) is 14.4 Å². The van der Waals surface area contributed by atoms with Crippen molar-refractivity contribution < 1.29 is 0 Å². The molecule has 0 aliphatic heterocycles. The van der Waals surface area contributed by atoms with E-state index >= 15 is 0 Å². The van der Waals surface area contributed by atoms with E-state index in [0.29, 0.717) is 0 Å². The van der Waals surface area contributed by atoms with Crippen LogP contribution in [0.5, 0.6) is 0 Å². The number of nitrogens with zero attached hydrogens (tertiary/aromatic N) is 3. The molecule has 1 aliphatic carbocycles. The van der Waals surface area contributed by atoms with E-state index in [1.54, 1.807) is 0 Å². The molecule has 7 aromatic carbocycles. The van der Waals surface area contributed by atoms with E-state index < -0.39 is 5.41 Å². The summed E-state index contributed by atoms with van der Waals surface area (Å²) >= 11 is 0. The van der Waals surface area contributed by atoms with Gasteiger partial charge >= 0.3 is 0 Å². The highest BCUT2D eigenvalue weighted by Gasteiger charge is 2.45. The highest BCUT2D eigenvalue weighted by atomic mass is 15.0. The van der Waals surface area contributed by atoms with Gasteiger partial charge in [0.15, 0.2) is 5.65 Å². The van der Waals surface area contributed by atoms with Crippen molar-refractivity contribution in [2.75, 3.05) is 0 Å². The normalized spacial score (nSPS) is 13.6. The first kappa shape index (κ1) is 25.8. The van der Waals surface area contributed by atoms with Gasteiger partial charge in [0.1, 0.15) is 5.52 Å². The third-order valence-corrected chi connectivity index (χ3v) is 10.6. The monoisotopic (exact) mass is 609 g/mol. The van der Waals surface area contributed by atoms with Crippen LogP contribution in [0.25, 0.3) is 71.6 Å². The molecule has 0 saturated carbocycles. The van der Waals surface area contributed by atoms with Crippen LogP contribution in [0.15, 0.2) is 164 Å². The maximum atomic E-state index is 5.12. The molecule has 11 rings (SSSR count). The molecule has 0 N–H and O–H groups in total. The van der Waals surface area contributed by atoms with Gasteiger partial charge in [0, 0.05) is 16.2 Å². The van der Waals surface area contributed by atoms with Crippen LogP contribution in [0.2, 0.25) is 0 Å². The molecule has 0 spiro atoms. The van der Waals surface area contributed by atoms with Crippen molar-refractivity contribution in [1.82, 2.24) is 14.4 Å². The Kier molecular flexibility index (Phi) is 5.04. The summed E-state index contributed by atoms with van der Waals surface area (Å²) in [5.41, 5.74) is 15.9. The van der Waals surface area contributed by atoms with E-state index in [1.807, 2.05) is 24.3 Å². The molecular formula is C45H27N3. The number of aromatic nitrogens is 3. The third kappa shape index (κ3) is 3.22. The Hall–Kier alpha value is -6.32. The van der Waals surface area contributed by atoms with Gasteiger partial charge in [-0.2, -0.15) is 0 Å². The van der Waals surface area contributed by atoms with Crippen LogP contribution in [0.1, 0.15) is 22.3 Å². The van der Waals surface area contributed by atoms with Crippen molar-refractivity contribution >= 4 is 49.4 Å². The predicted octanol–water partition coefficient (Wildman–Crippen LogP) is 10.8. The molecule has 222 valence electrons. The Morgan fingerprint density at radius 1 is 0.438 bits per heavy atom. The zero-order chi connectivity index (χ0) is 31.4. The van der Waals surface area contributed by atoms with E-state index in [1.165, 1.54) is 60.8 Å². The van der Waals surface area contributed by atoms with Gasteiger partial charge in [-0.05, 0) is 74.8 Å². The fourth-order valence-corrected chi connectivity index (χ4v) is 8.62. The Morgan fingerprint density at radius 2 is 1.06 bits per heavy atom. The van der Waals surface area contributed by atoms with Gasteiger partial charge in [0.2, 0.25) is 0 Å². The largest absolute Gasteiger partial charge is 0.291 e. The Labute approximate surface area is 276 Å². The molecule has 0 fully saturated rings. The lowest BCUT2D eigenvalue weighted by atomic mass is 9.67. The molecule has 3 heterocycles. The van der Waals surface area contributed by atoms with Crippen molar-refractivity contribution in [3.8, 4) is 22.3 Å². The highest BCUT2D eigenvalue weighted by molar-refractivity contribution is 6.22. The van der Waals surface area contributed by atoms with E-state index in [0.717, 1.165) is 33.1 Å². The molecule has 0 atom stereocenters. The Morgan fingerprint density at radius 3 is 1.85 bits per heavy atom. The molecule has 3 aromatic heterocycles. The Bertz CT molecular complexity index is 2850. The minimum Gasteiger partial charge on any atom is -0.291 e. The van der Waals surface area contributed by atoms with Crippen LogP contribution in [0.4, 0.5) is 0 Å². The van der Waals surface area contributed by atoms with Crippen LogP contribution in [0, 0.1) is 0 Å². The lowest BCUT2D eigenvalue weighted by Gasteiger charge is -2.33. The van der Waals surface area contributed by atoms with E-state index in [4.69, 9.17) is 9.97 Å². The van der Waals surface area contributed by atoms with Gasteiger partial charge < -0.3 is 0 Å². The van der Waals surface area contributed by atoms with Crippen LogP contribution in [-0.2, 0) is 5.41 Å².